The third kappa shape index (κ3) is 3.23. The van der Waals surface area contributed by atoms with Gasteiger partial charge in [0.05, 0.1) is 0 Å². The Bertz CT molecular complexity index is 307. The fourth-order valence-electron chi connectivity index (χ4n) is 2.58. The first-order chi connectivity index (χ1) is 7.99. The van der Waals surface area contributed by atoms with E-state index in [0.29, 0.717) is 12.8 Å². The van der Waals surface area contributed by atoms with Gasteiger partial charge < -0.3 is 5.32 Å². The van der Waals surface area contributed by atoms with Gasteiger partial charge in [0, 0.05) is 11.1 Å². The molecule has 1 radical (unpaired) electrons. The maximum Gasteiger partial charge on any atom is 0.243 e. The molecule has 1 N–H and O–H groups in total. The van der Waals surface area contributed by atoms with Crippen LogP contribution in [0.25, 0.3) is 0 Å². The molecule has 0 aromatic rings. The summed E-state index contributed by atoms with van der Waals surface area (Å²) in [5, 5.41) is 16.6. The Morgan fingerprint density at radius 1 is 1.06 bits per heavy atom. The Kier molecular flexibility index (Phi) is 4.13. The number of carbonyl (C=O) groups excluding carboxylic acids is 1. The van der Waals surface area contributed by atoms with Crippen molar-refractivity contribution in [3.8, 4) is 0 Å². The molecule has 0 aromatic carbocycles. The summed E-state index contributed by atoms with van der Waals surface area (Å²) in [5.41, 5.74) is -1.71. The monoisotopic (exact) mass is 255 g/mol. The molecule has 4 nitrogen and oxygen atoms in total. The highest BCUT2D eigenvalue weighted by Gasteiger charge is 2.51. The van der Waals surface area contributed by atoms with Crippen LogP contribution < -0.4 is 5.32 Å². The van der Waals surface area contributed by atoms with Crippen LogP contribution in [0.3, 0.4) is 0 Å². The average Bonchev–Trinajstić information content (AvgIpc) is 2.61. The number of hydrogen-bond acceptors (Lipinski definition) is 2. The minimum absolute atomic E-state index is 0.113. The molecule has 1 aliphatic rings. The Labute approximate surface area is 111 Å². The van der Waals surface area contributed by atoms with Gasteiger partial charge in [-0.1, -0.05) is 12.8 Å². The summed E-state index contributed by atoms with van der Waals surface area (Å²) in [6.07, 6.45) is 3.23. The van der Waals surface area contributed by atoms with Crippen LogP contribution in [0.1, 0.15) is 67.2 Å². The lowest BCUT2D eigenvalue weighted by atomic mass is 9.90. The van der Waals surface area contributed by atoms with Crippen LogP contribution in [0.5, 0.6) is 0 Å². The SMILES string of the molecule is CC(C)(C)NC(=O)C1(N([O])C(C)(C)C)CCCC1. The molecule has 1 rings (SSSR count). The van der Waals surface area contributed by atoms with Crippen molar-refractivity contribution in [3.63, 3.8) is 0 Å². The fraction of sp³-hybridized carbons (Fsp3) is 0.929. The van der Waals surface area contributed by atoms with Gasteiger partial charge in [0.2, 0.25) is 5.91 Å². The van der Waals surface area contributed by atoms with Crippen LogP contribution in [0.2, 0.25) is 0 Å². The van der Waals surface area contributed by atoms with Crippen LogP contribution >= 0.6 is 0 Å². The molecule has 0 saturated heterocycles. The standard InChI is InChI=1S/C14H27N2O2/c1-12(2,3)15-11(17)14(9-7-8-10-14)16(18)13(4,5)6/h7-10H2,1-6H3,(H,15,17). The van der Waals surface area contributed by atoms with E-state index in [1.165, 1.54) is 0 Å². The van der Waals surface area contributed by atoms with Crippen molar-refractivity contribution in [1.29, 1.82) is 0 Å². The molecule has 1 fully saturated rings. The van der Waals surface area contributed by atoms with Gasteiger partial charge in [-0.2, -0.15) is 0 Å². The maximum absolute atomic E-state index is 12.6. The molecule has 1 amide bonds. The molecule has 0 aliphatic heterocycles. The zero-order valence-corrected chi connectivity index (χ0v) is 12.6. The van der Waals surface area contributed by atoms with Gasteiger partial charge in [0.15, 0.2) is 0 Å². The number of rotatable bonds is 2. The Morgan fingerprint density at radius 3 is 1.83 bits per heavy atom. The largest absolute Gasteiger partial charge is 0.350 e. The second-order valence-electron chi connectivity index (χ2n) is 7.41. The van der Waals surface area contributed by atoms with E-state index in [4.69, 9.17) is 0 Å². The summed E-state index contributed by atoms with van der Waals surface area (Å²) in [7, 11) is 0. The third-order valence-corrected chi connectivity index (χ3v) is 3.34. The molecule has 0 atom stereocenters. The minimum atomic E-state index is -0.870. The number of amides is 1. The zero-order valence-electron chi connectivity index (χ0n) is 12.6. The van der Waals surface area contributed by atoms with Crippen LogP contribution in [-0.2, 0) is 10.0 Å². The predicted molar refractivity (Wildman–Crippen MR) is 71.4 cm³/mol. The highest BCUT2D eigenvalue weighted by atomic mass is 16.5. The number of nitrogens with zero attached hydrogens (tertiary/aromatic N) is 1. The van der Waals surface area contributed by atoms with Crippen LogP contribution in [0.15, 0.2) is 0 Å². The quantitative estimate of drug-likeness (QED) is 0.771. The number of carbonyl (C=O) groups is 1. The number of hydroxylamine groups is 2. The van der Waals surface area contributed by atoms with Crippen molar-refractivity contribution in [1.82, 2.24) is 10.4 Å². The van der Waals surface area contributed by atoms with Crippen molar-refractivity contribution in [2.45, 2.75) is 83.8 Å². The lowest BCUT2D eigenvalue weighted by molar-refractivity contribution is -0.268. The highest BCUT2D eigenvalue weighted by Crippen LogP contribution is 2.38. The summed E-state index contributed by atoms with van der Waals surface area (Å²) in [5.74, 6) is -0.113. The molecule has 0 unspecified atom stereocenters. The average molecular weight is 255 g/mol. The summed E-state index contributed by atoms with van der Waals surface area (Å²) in [6, 6.07) is 0. The van der Waals surface area contributed by atoms with E-state index in [1.807, 2.05) is 41.5 Å². The van der Waals surface area contributed by atoms with E-state index in [0.717, 1.165) is 17.9 Å². The van der Waals surface area contributed by atoms with Gasteiger partial charge in [0.25, 0.3) is 0 Å². The summed E-state index contributed by atoms with van der Waals surface area (Å²) in [4.78, 5) is 12.5. The Balaban J connectivity index is 2.98. The van der Waals surface area contributed by atoms with Gasteiger partial charge >= 0.3 is 0 Å². The maximum atomic E-state index is 12.6. The van der Waals surface area contributed by atoms with Crippen LogP contribution in [0, 0.1) is 0 Å². The van der Waals surface area contributed by atoms with Gasteiger partial charge in [-0.3, -0.25) is 4.79 Å². The second-order valence-corrected chi connectivity index (χ2v) is 7.41. The fourth-order valence-corrected chi connectivity index (χ4v) is 2.58. The molecular weight excluding hydrogens is 228 g/mol. The van der Waals surface area contributed by atoms with Gasteiger partial charge in [-0.25, -0.2) is 0 Å². The molecule has 18 heavy (non-hydrogen) atoms. The van der Waals surface area contributed by atoms with E-state index >= 15 is 0 Å². The van der Waals surface area contributed by atoms with Crippen molar-refractivity contribution < 1.29 is 10.0 Å². The molecule has 1 aliphatic carbocycles. The highest BCUT2D eigenvalue weighted by molar-refractivity contribution is 5.87. The summed E-state index contributed by atoms with van der Waals surface area (Å²) in [6.45, 7) is 11.4. The van der Waals surface area contributed by atoms with E-state index in [1.54, 1.807) is 0 Å². The van der Waals surface area contributed by atoms with Crippen molar-refractivity contribution in [2.24, 2.45) is 0 Å². The van der Waals surface area contributed by atoms with Crippen molar-refractivity contribution in [2.75, 3.05) is 0 Å². The molecule has 1 saturated carbocycles. The van der Waals surface area contributed by atoms with Crippen molar-refractivity contribution >= 4 is 5.91 Å². The third-order valence-electron chi connectivity index (χ3n) is 3.34. The van der Waals surface area contributed by atoms with Gasteiger partial charge in [-0.05, 0) is 54.4 Å². The predicted octanol–water partition coefficient (Wildman–Crippen LogP) is 2.66. The summed E-state index contributed by atoms with van der Waals surface area (Å²) >= 11 is 0. The topological polar surface area (TPSA) is 52.2 Å². The van der Waals surface area contributed by atoms with E-state index in [-0.39, 0.29) is 11.4 Å². The Morgan fingerprint density at radius 2 is 1.50 bits per heavy atom. The molecule has 105 valence electrons. The molecule has 0 aromatic heterocycles. The lowest BCUT2D eigenvalue weighted by Gasteiger charge is -2.42. The first-order valence-corrected chi connectivity index (χ1v) is 6.79. The zero-order chi connectivity index (χ0) is 14.2. The van der Waals surface area contributed by atoms with E-state index in [2.05, 4.69) is 5.32 Å². The number of nitrogens with one attached hydrogen (secondary N) is 1. The van der Waals surface area contributed by atoms with Crippen molar-refractivity contribution in [3.05, 3.63) is 0 Å². The molecule has 0 spiro atoms. The first kappa shape index (κ1) is 15.4. The number of hydrogen-bond donors (Lipinski definition) is 1. The molecule has 4 heteroatoms. The van der Waals surface area contributed by atoms with E-state index in [9.17, 15) is 10.0 Å². The van der Waals surface area contributed by atoms with Crippen LogP contribution in [0.4, 0.5) is 0 Å². The molecule has 0 heterocycles. The lowest BCUT2D eigenvalue weighted by Crippen LogP contribution is -2.63. The normalized spacial score (nSPS) is 20.2. The van der Waals surface area contributed by atoms with E-state index < -0.39 is 11.1 Å². The Hall–Kier alpha value is -0.610. The first-order valence-electron chi connectivity index (χ1n) is 6.79. The smallest absolute Gasteiger partial charge is 0.243 e. The summed E-state index contributed by atoms with van der Waals surface area (Å²) < 4.78 is 0. The molecule has 0 bridgehead atoms. The van der Waals surface area contributed by atoms with Gasteiger partial charge in [0.1, 0.15) is 5.54 Å². The minimum Gasteiger partial charge on any atom is -0.350 e. The second kappa shape index (κ2) is 4.82. The van der Waals surface area contributed by atoms with Crippen LogP contribution in [-0.4, -0.2) is 27.6 Å². The van der Waals surface area contributed by atoms with Gasteiger partial charge in [-0.15, -0.1) is 10.3 Å². The molecular formula is C14H27N2O2.